The molecule has 0 heterocycles. The van der Waals surface area contributed by atoms with E-state index in [4.69, 9.17) is 0 Å². The summed E-state index contributed by atoms with van der Waals surface area (Å²) in [6.07, 6.45) is 22.8. The number of hydrogen-bond donors (Lipinski definition) is 0. The van der Waals surface area contributed by atoms with Crippen LogP contribution in [0.1, 0.15) is 58.3 Å². The first-order valence-corrected chi connectivity index (χ1v) is 6.83. The van der Waals surface area contributed by atoms with Gasteiger partial charge in [0, 0.05) is 0 Å². The van der Waals surface area contributed by atoms with Crippen molar-refractivity contribution in [1.29, 1.82) is 0 Å². The van der Waals surface area contributed by atoms with Gasteiger partial charge in [-0.25, -0.2) is 0 Å². The van der Waals surface area contributed by atoms with Gasteiger partial charge in [0.25, 0.3) is 0 Å². The van der Waals surface area contributed by atoms with E-state index in [9.17, 15) is 4.79 Å². The molecule has 0 aromatic heterocycles. The Hall–Kier alpha value is -1.11. The van der Waals surface area contributed by atoms with Crippen LogP contribution in [-0.2, 0) is 4.79 Å². The van der Waals surface area contributed by atoms with Gasteiger partial charge in [-0.2, -0.15) is 0 Å². The average Bonchev–Trinajstić information content (AvgIpc) is 2.35. The largest absolute Gasteiger partial charge is 0.299 e. The zero-order chi connectivity index (χ0) is 12.6. The van der Waals surface area contributed by atoms with Gasteiger partial charge in [0.1, 0.15) is 6.29 Å². The molecule has 0 radical (unpaired) electrons. The summed E-state index contributed by atoms with van der Waals surface area (Å²) in [6.45, 7) is 2.19. The second kappa shape index (κ2) is 14.9. The summed E-state index contributed by atoms with van der Waals surface area (Å²) in [5, 5.41) is 0. The fourth-order valence-corrected chi connectivity index (χ4v) is 1.55. The average molecular weight is 234 g/mol. The van der Waals surface area contributed by atoms with Crippen molar-refractivity contribution in [3.05, 3.63) is 36.5 Å². The lowest BCUT2D eigenvalue weighted by Gasteiger charge is -1.96. The Morgan fingerprint density at radius 3 is 1.76 bits per heavy atom. The van der Waals surface area contributed by atoms with E-state index < -0.39 is 0 Å². The van der Waals surface area contributed by atoms with Crippen molar-refractivity contribution in [3.8, 4) is 0 Å². The van der Waals surface area contributed by atoms with Gasteiger partial charge in [-0.05, 0) is 38.2 Å². The normalized spacial score (nSPS) is 12.1. The van der Waals surface area contributed by atoms with Gasteiger partial charge in [0.15, 0.2) is 0 Å². The van der Waals surface area contributed by atoms with E-state index in [1.165, 1.54) is 44.9 Å². The molecule has 0 N–H and O–H groups in total. The van der Waals surface area contributed by atoms with Crippen molar-refractivity contribution >= 4 is 6.29 Å². The highest BCUT2D eigenvalue weighted by molar-refractivity contribution is 5.64. The molecule has 0 aliphatic carbocycles. The van der Waals surface area contributed by atoms with Crippen molar-refractivity contribution in [1.82, 2.24) is 0 Å². The first kappa shape index (κ1) is 15.9. The van der Waals surface area contributed by atoms with Crippen LogP contribution in [0.15, 0.2) is 36.5 Å². The van der Waals surface area contributed by atoms with Crippen molar-refractivity contribution < 1.29 is 4.79 Å². The highest BCUT2D eigenvalue weighted by atomic mass is 16.1. The van der Waals surface area contributed by atoms with Gasteiger partial charge in [0.2, 0.25) is 0 Å². The van der Waals surface area contributed by atoms with Crippen LogP contribution in [0.4, 0.5) is 0 Å². The fourth-order valence-electron chi connectivity index (χ4n) is 1.55. The topological polar surface area (TPSA) is 17.1 Å². The summed E-state index contributed by atoms with van der Waals surface area (Å²) in [5.74, 6) is 0. The Morgan fingerprint density at radius 1 is 0.706 bits per heavy atom. The molecule has 0 unspecified atom stereocenters. The van der Waals surface area contributed by atoms with Crippen LogP contribution in [-0.4, -0.2) is 6.29 Å². The molecule has 0 spiro atoms. The van der Waals surface area contributed by atoms with Crippen LogP contribution in [0.25, 0.3) is 0 Å². The van der Waals surface area contributed by atoms with Crippen LogP contribution in [0, 0.1) is 0 Å². The van der Waals surface area contributed by atoms with Gasteiger partial charge < -0.3 is 0 Å². The Kier molecular flexibility index (Phi) is 13.9. The van der Waals surface area contributed by atoms with E-state index >= 15 is 0 Å². The van der Waals surface area contributed by atoms with E-state index in [-0.39, 0.29) is 0 Å². The molecule has 0 aromatic carbocycles. The molecule has 0 saturated carbocycles. The minimum atomic E-state index is 0.844. The lowest BCUT2D eigenvalue weighted by molar-refractivity contribution is -0.104. The highest BCUT2D eigenvalue weighted by Gasteiger charge is 1.86. The number of carbonyl (C=O) groups is 1. The second-order valence-electron chi connectivity index (χ2n) is 4.20. The van der Waals surface area contributed by atoms with Crippen LogP contribution < -0.4 is 0 Å². The second-order valence-corrected chi connectivity index (χ2v) is 4.20. The van der Waals surface area contributed by atoms with Gasteiger partial charge >= 0.3 is 0 Å². The maximum absolute atomic E-state index is 10.0. The molecule has 96 valence electrons. The van der Waals surface area contributed by atoms with Crippen LogP contribution in [0.3, 0.4) is 0 Å². The molecule has 0 aromatic rings. The Balaban J connectivity index is 3.17. The molecule has 0 amide bonds. The molecular formula is C16H26O. The van der Waals surface area contributed by atoms with Gasteiger partial charge in [0.05, 0.1) is 0 Å². The molecule has 0 atom stereocenters. The quantitative estimate of drug-likeness (QED) is 0.213. The number of hydrogen-bond acceptors (Lipinski definition) is 1. The molecule has 0 saturated heterocycles. The first-order valence-electron chi connectivity index (χ1n) is 6.83. The Morgan fingerprint density at radius 2 is 1.24 bits per heavy atom. The third-order valence-corrected chi connectivity index (χ3v) is 2.54. The lowest BCUT2D eigenvalue weighted by Crippen LogP contribution is -1.76. The molecule has 17 heavy (non-hydrogen) atoms. The van der Waals surface area contributed by atoms with Crippen LogP contribution in [0.5, 0.6) is 0 Å². The number of aldehydes is 1. The smallest absolute Gasteiger partial charge is 0.142 e. The summed E-state index contributed by atoms with van der Waals surface area (Å²) >= 11 is 0. The van der Waals surface area contributed by atoms with E-state index in [0.29, 0.717) is 0 Å². The number of rotatable bonds is 11. The molecule has 0 bridgehead atoms. The maximum Gasteiger partial charge on any atom is 0.142 e. The first-order chi connectivity index (χ1) is 8.41. The van der Waals surface area contributed by atoms with Crippen LogP contribution in [0.2, 0.25) is 0 Å². The number of allylic oxidation sites excluding steroid dienone is 6. The fraction of sp³-hybridized carbons (Fsp3) is 0.562. The lowest BCUT2D eigenvalue weighted by atomic mass is 10.1. The third kappa shape index (κ3) is 14.9. The van der Waals surface area contributed by atoms with E-state index in [1.807, 2.05) is 6.08 Å². The maximum atomic E-state index is 10.0. The van der Waals surface area contributed by atoms with Crippen LogP contribution >= 0.6 is 0 Å². The summed E-state index contributed by atoms with van der Waals surface area (Å²) < 4.78 is 0. The predicted octanol–water partition coefficient (Wildman–Crippen LogP) is 4.99. The SMILES string of the molecule is CCC/C=C\C=C\CCCCCC/C=C/C=O. The Labute approximate surface area is 106 Å². The van der Waals surface area contributed by atoms with E-state index in [2.05, 4.69) is 31.2 Å². The number of unbranched alkanes of at least 4 members (excludes halogenated alkanes) is 6. The van der Waals surface area contributed by atoms with Crippen molar-refractivity contribution in [2.75, 3.05) is 0 Å². The van der Waals surface area contributed by atoms with Gasteiger partial charge in [-0.1, -0.05) is 56.6 Å². The summed E-state index contributed by atoms with van der Waals surface area (Å²) in [5.41, 5.74) is 0. The van der Waals surface area contributed by atoms with E-state index in [1.54, 1.807) is 6.08 Å². The zero-order valence-corrected chi connectivity index (χ0v) is 11.1. The minimum Gasteiger partial charge on any atom is -0.299 e. The minimum absolute atomic E-state index is 0.844. The zero-order valence-electron chi connectivity index (χ0n) is 11.1. The van der Waals surface area contributed by atoms with Gasteiger partial charge in [-0.15, -0.1) is 0 Å². The number of carbonyl (C=O) groups excluding carboxylic acids is 1. The molecule has 0 aliphatic heterocycles. The Bertz CT molecular complexity index is 236. The summed E-state index contributed by atoms with van der Waals surface area (Å²) in [4.78, 5) is 10.0. The molecular weight excluding hydrogens is 208 g/mol. The third-order valence-electron chi connectivity index (χ3n) is 2.54. The van der Waals surface area contributed by atoms with Crippen molar-refractivity contribution in [3.63, 3.8) is 0 Å². The molecule has 1 nitrogen and oxygen atoms in total. The highest BCUT2D eigenvalue weighted by Crippen LogP contribution is 2.06. The van der Waals surface area contributed by atoms with E-state index in [0.717, 1.165) is 12.7 Å². The summed E-state index contributed by atoms with van der Waals surface area (Å²) in [6, 6.07) is 0. The predicted molar refractivity (Wildman–Crippen MR) is 76.1 cm³/mol. The van der Waals surface area contributed by atoms with Gasteiger partial charge in [-0.3, -0.25) is 4.79 Å². The molecule has 0 rings (SSSR count). The van der Waals surface area contributed by atoms with Crippen molar-refractivity contribution in [2.45, 2.75) is 58.3 Å². The monoisotopic (exact) mass is 234 g/mol. The molecule has 0 aliphatic rings. The van der Waals surface area contributed by atoms with Crippen molar-refractivity contribution in [2.24, 2.45) is 0 Å². The standard InChI is InChI=1S/C16H26O/c1-2-3-4-5-6-7-8-9-10-11-12-13-14-15-16-17/h4-7,14-16H,2-3,8-13H2,1H3/b5-4-,7-6+,15-14+. The summed E-state index contributed by atoms with van der Waals surface area (Å²) in [7, 11) is 0. The molecule has 1 heteroatoms. The molecule has 0 fully saturated rings.